The molecular weight excluding hydrogens is 324 g/mol. The Bertz CT molecular complexity index is 633. The van der Waals surface area contributed by atoms with Crippen LogP contribution in [0.5, 0.6) is 0 Å². The van der Waals surface area contributed by atoms with Gasteiger partial charge in [0, 0.05) is 38.2 Å². The molecule has 3 rings (SSSR count). The second-order valence-corrected chi connectivity index (χ2v) is 7.54. The zero-order valence-electron chi connectivity index (χ0n) is 15.8. The van der Waals surface area contributed by atoms with E-state index in [0.29, 0.717) is 24.9 Å². The van der Waals surface area contributed by atoms with Gasteiger partial charge >= 0.3 is 0 Å². The Kier molecular flexibility index (Phi) is 6.48. The molecule has 140 valence electrons. The Hall–Kier alpha value is -2.10. The van der Waals surface area contributed by atoms with E-state index in [-0.39, 0.29) is 11.8 Å². The molecule has 1 aromatic rings. The number of nitrogens with zero attached hydrogens (tertiary/aromatic N) is 2. The maximum atomic E-state index is 12.8. The molecule has 0 N–H and O–H groups in total. The summed E-state index contributed by atoms with van der Waals surface area (Å²) in [5.74, 6) is 1.11. The van der Waals surface area contributed by atoms with E-state index < -0.39 is 0 Å². The molecule has 0 saturated carbocycles. The molecule has 2 amide bonds. The minimum atomic E-state index is 0.0452. The highest BCUT2D eigenvalue weighted by Crippen LogP contribution is 2.25. The van der Waals surface area contributed by atoms with E-state index in [2.05, 4.69) is 11.8 Å². The normalized spacial score (nSPS) is 22.0. The van der Waals surface area contributed by atoms with Crippen LogP contribution >= 0.6 is 0 Å². The first-order valence-electron chi connectivity index (χ1n) is 9.98. The fourth-order valence-electron chi connectivity index (χ4n) is 4.04. The summed E-state index contributed by atoms with van der Waals surface area (Å²) in [5.41, 5.74) is 1.03. The van der Waals surface area contributed by atoms with E-state index in [1.54, 1.807) is 6.08 Å². The minimum Gasteiger partial charge on any atom is -0.342 e. The topological polar surface area (TPSA) is 40.6 Å². The van der Waals surface area contributed by atoms with E-state index in [9.17, 15) is 9.59 Å². The van der Waals surface area contributed by atoms with Gasteiger partial charge in [0.05, 0.1) is 0 Å². The van der Waals surface area contributed by atoms with Gasteiger partial charge in [0.25, 0.3) is 0 Å². The monoisotopic (exact) mass is 354 g/mol. The van der Waals surface area contributed by atoms with Crippen molar-refractivity contribution in [1.29, 1.82) is 0 Å². The lowest BCUT2D eigenvalue weighted by molar-refractivity contribution is -0.141. The summed E-state index contributed by atoms with van der Waals surface area (Å²) in [7, 11) is 0. The number of benzene rings is 1. The fraction of sp³-hybridized carbons (Fsp3) is 0.545. The number of carbonyl (C=O) groups is 2. The van der Waals surface area contributed by atoms with Crippen molar-refractivity contribution in [2.24, 2.45) is 11.8 Å². The summed E-state index contributed by atoms with van der Waals surface area (Å²) >= 11 is 0. The van der Waals surface area contributed by atoms with Crippen molar-refractivity contribution < 1.29 is 9.59 Å². The second-order valence-electron chi connectivity index (χ2n) is 7.54. The highest BCUT2D eigenvalue weighted by Gasteiger charge is 2.31. The van der Waals surface area contributed by atoms with Crippen molar-refractivity contribution in [1.82, 2.24) is 9.80 Å². The van der Waals surface area contributed by atoms with Gasteiger partial charge in [0.15, 0.2) is 0 Å². The van der Waals surface area contributed by atoms with Crippen molar-refractivity contribution >= 4 is 17.9 Å². The zero-order chi connectivity index (χ0) is 18.4. The molecule has 26 heavy (non-hydrogen) atoms. The van der Waals surface area contributed by atoms with Gasteiger partial charge in [-0.1, -0.05) is 43.7 Å². The van der Waals surface area contributed by atoms with Crippen LogP contribution in [-0.4, -0.2) is 47.8 Å². The average Bonchev–Trinajstić information content (AvgIpc) is 2.72. The van der Waals surface area contributed by atoms with E-state index in [1.807, 2.05) is 41.3 Å². The Morgan fingerprint density at radius 1 is 1.04 bits per heavy atom. The van der Waals surface area contributed by atoms with Crippen LogP contribution in [0.3, 0.4) is 0 Å². The molecule has 0 bridgehead atoms. The van der Waals surface area contributed by atoms with Gasteiger partial charge in [-0.25, -0.2) is 0 Å². The number of carbonyl (C=O) groups excluding carboxylic acids is 2. The summed E-state index contributed by atoms with van der Waals surface area (Å²) in [6.07, 6.45) is 8.62. The summed E-state index contributed by atoms with van der Waals surface area (Å²) in [4.78, 5) is 29.1. The van der Waals surface area contributed by atoms with Gasteiger partial charge in [-0.2, -0.15) is 0 Å². The molecule has 4 heteroatoms. The van der Waals surface area contributed by atoms with Crippen molar-refractivity contribution in [2.75, 3.05) is 26.2 Å². The minimum absolute atomic E-state index is 0.0452. The number of hydrogen-bond donors (Lipinski definition) is 0. The smallest absolute Gasteiger partial charge is 0.246 e. The molecule has 1 unspecified atom stereocenters. The summed E-state index contributed by atoms with van der Waals surface area (Å²) in [5, 5.41) is 0. The van der Waals surface area contributed by atoms with Crippen molar-refractivity contribution in [3.8, 4) is 0 Å². The molecular formula is C22H30N2O2. The number of amides is 2. The van der Waals surface area contributed by atoms with Crippen molar-refractivity contribution in [3.05, 3.63) is 42.0 Å². The van der Waals surface area contributed by atoms with Gasteiger partial charge in [0.1, 0.15) is 0 Å². The van der Waals surface area contributed by atoms with E-state index >= 15 is 0 Å². The highest BCUT2D eigenvalue weighted by molar-refractivity contribution is 5.92. The number of likely N-dealkylation sites (tertiary alicyclic amines) is 2. The van der Waals surface area contributed by atoms with E-state index in [0.717, 1.165) is 44.3 Å². The Morgan fingerprint density at radius 2 is 1.77 bits per heavy atom. The van der Waals surface area contributed by atoms with Crippen LogP contribution in [0.25, 0.3) is 6.08 Å². The van der Waals surface area contributed by atoms with Crippen LogP contribution in [0, 0.1) is 11.8 Å². The Balaban J connectivity index is 1.48. The first-order chi connectivity index (χ1) is 12.7. The molecule has 0 radical (unpaired) electrons. The van der Waals surface area contributed by atoms with Crippen LogP contribution in [0.15, 0.2) is 36.4 Å². The van der Waals surface area contributed by atoms with Gasteiger partial charge in [-0.05, 0) is 43.2 Å². The molecule has 2 aliphatic heterocycles. The molecule has 0 spiro atoms. The maximum Gasteiger partial charge on any atom is 0.246 e. The standard InChI is InChI=1S/C22H30N2O2/c1-2-18-9-6-14-24(17-18)22(26)20-12-15-23(16-13-20)21(25)11-10-19-7-4-3-5-8-19/h3-5,7-8,10-11,18,20H,2,6,9,12-17H2,1H3. The molecule has 2 aliphatic rings. The van der Waals surface area contributed by atoms with Gasteiger partial charge in [-0.15, -0.1) is 0 Å². The van der Waals surface area contributed by atoms with E-state index in [4.69, 9.17) is 0 Å². The third kappa shape index (κ3) is 4.75. The molecule has 2 fully saturated rings. The van der Waals surface area contributed by atoms with Gasteiger partial charge < -0.3 is 9.80 Å². The predicted molar refractivity (Wildman–Crippen MR) is 104 cm³/mol. The molecule has 1 atom stereocenters. The third-order valence-electron chi connectivity index (χ3n) is 5.78. The summed E-state index contributed by atoms with van der Waals surface area (Å²) in [6.45, 7) is 5.41. The number of piperidine rings is 2. The van der Waals surface area contributed by atoms with Gasteiger partial charge in [0.2, 0.25) is 11.8 Å². The first kappa shape index (κ1) is 18.7. The largest absolute Gasteiger partial charge is 0.342 e. The van der Waals surface area contributed by atoms with Crippen LogP contribution in [-0.2, 0) is 9.59 Å². The number of hydrogen-bond acceptors (Lipinski definition) is 2. The lowest BCUT2D eigenvalue weighted by atomic mass is 9.91. The van der Waals surface area contributed by atoms with Crippen LogP contribution < -0.4 is 0 Å². The van der Waals surface area contributed by atoms with Crippen LogP contribution in [0.4, 0.5) is 0 Å². The van der Waals surface area contributed by atoms with Crippen molar-refractivity contribution in [3.63, 3.8) is 0 Å². The number of rotatable bonds is 4. The molecule has 4 nitrogen and oxygen atoms in total. The SMILES string of the molecule is CCC1CCCN(C(=O)C2CCN(C(=O)C=Cc3ccccc3)CC2)C1. The molecule has 0 aromatic heterocycles. The van der Waals surface area contributed by atoms with Gasteiger partial charge in [-0.3, -0.25) is 9.59 Å². The van der Waals surface area contributed by atoms with Crippen LogP contribution in [0.1, 0.15) is 44.6 Å². The third-order valence-corrected chi connectivity index (χ3v) is 5.78. The Labute approximate surface area is 156 Å². The maximum absolute atomic E-state index is 12.8. The predicted octanol–water partition coefficient (Wildman–Crippen LogP) is 3.59. The summed E-state index contributed by atoms with van der Waals surface area (Å²) in [6, 6.07) is 9.86. The molecule has 2 heterocycles. The summed E-state index contributed by atoms with van der Waals surface area (Å²) < 4.78 is 0. The lowest BCUT2D eigenvalue weighted by Crippen LogP contribution is -2.47. The van der Waals surface area contributed by atoms with Crippen molar-refractivity contribution in [2.45, 2.75) is 39.0 Å². The van der Waals surface area contributed by atoms with Crippen LogP contribution in [0.2, 0.25) is 0 Å². The quantitative estimate of drug-likeness (QED) is 0.776. The fourth-order valence-corrected chi connectivity index (χ4v) is 4.04. The zero-order valence-corrected chi connectivity index (χ0v) is 15.8. The molecule has 2 saturated heterocycles. The second kappa shape index (κ2) is 9.02. The molecule has 1 aromatic carbocycles. The average molecular weight is 354 g/mol. The van der Waals surface area contributed by atoms with E-state index in [1.165, 1.54) is 6.42 Å². The highest BCUT2D eigenvalue weighted by atomic mass is 16.2. The molecule has 0 aliphatic carbocycles. The lowest BCUT2D eigenvalue weighted by Gasteiger charge is -2.37. The Morgan fingerprint density at radius 3 is 2.46 bits per heavy atom. The first-order valence-corrected chi connectivity index (χ1v) is 9.98.